The van der Waals surface area contributed by atoms with Crippen molar-refractivity contribution in [3.05, 3.63) is 0 Å². The number of urea groups is 1. The van der Waals surface area contributed by atoms with E-state index in [1.807, 2.05) is 4.90 Å². The first-order chi connectivity index (χ1) is 7.58. The summed E-state index contributed by atoms with van der Waals surface area (Å²) in [6, 6.07) is -0.788. The first-order valence-electron chi connectivity index (χ1n) is 5.52. The fourth-order valence-corrected chi connectivity index (χ4v) is 1.63. The van der Waals surface area contributed by atoms with Crippen LogP contribution in [-0.4, -0.2) is 54.2 Å². The maximum absolute atomic E-state index is 11.6. The topological polar surface area (TPSA) is 81.7 Å². The van der Waals surface area contributed by atoms with Crippen LogP contribution in [0.1, 0.15) is 13.8 Å². The molecule has 1 aliphatic rings. The average Bonchev–Trinajstić information content (AvgIpc) is 2.16. The fraction of sp³-hybridized carbons (Fsp3) is 0.800. The summed E-state index contributed by atoms with van der Waals surface area (Å²) in [6.07, 6.45) is 0. The summed E-state index contributed by atoms with van der Waals surface area (Å²) in [5, 5.41) is 13.6. The van der Waals surface area contributed by atoms with Crippen LogP contribution in [-0.2, 0) is 4.79 Å². The molecule has 0 radical (unpaired) electrons. The van der Waals surface area contributed by atoms with Crippen molar-refractivity contribution in [1.82, 2.24) is 15.5 Å². The zero-order valence-corrected chi connectivity index (χ0v) is 9.69. The van der Waals surface area contributed by atoms with Crippen LogP contribution in [0.15, 0.2) is 0 Å². The van der Waals surface area contributed by atoms with E-state index in [1.54, 1.807) is 13.8 Å². The van der Waals surface area contributed by atoms with Crippen molar-refractivity contribution in [2.24, 2.45) is 5.92 Å². The van der Waals surface area contributed by atoms with Gasteiger partial charge >= 0.3 is 6.03 Å². The number of carbonyl (C=O) groups is 2. The number of aliphatic hydroxyl groups is 1. The van der Waals surface area contributed by atoms with Crippen molar-refractivity contribution in [3.8, 4) is 0 Å². The van der Waals surface area contributed by atoms with Gasteiger partial charge in [-0.05, 0) is 13.8 Å². The molecule has 16 heavy (non-hydrogen) atoms. The molecule has 0 saturated carbocycles. The van der Waals surface area contributed by atoms with Crippen molar-refractivity contribution in [1.29, 1.82) is 0 Å². The van der Waals surface area contributed by atoms with Crippen LogP contribution >= 0.6 is 0 Å². The molecule has 1 rings (SSSR count). The second-order valence-electron chi connectivity index (χ2n) is 4.03. The monoisotopic (exact) mass is 229 g/mol. The van der Waals surface area contributed by atoms with E-state index in [1.165, 1.54) is 0 Å². The molecule has 6 heteroatoms. The van der Waals surface area contributed by atoms with Crippen LogP contribution in [0.25, 0.3) is 0 Å². The molecule has 0 spiro atoms. The molecular formula is C10H19N3O3. The largest absolute Gasteiger partial charge is 0.396 e. The standard InChI is InChI=1S/C10H19N3O3/c1-3-11-10(16)12-9(15)7(2)13-4-8(5-13)6-14/h7-8,14H,3-6H2,1-2H3,(H2,11,12,15,16). The van der Waals surface area contributed by atoms with Gasteiger partial charge in [0.05, 0.1) is 6.04 Å². The summed E-state index contributed by atoms with van der Waals surface area (Å²) in [4.78, 5) is 24.6. The Hall–Kier alpha value is -1.14. The van der Waals surface area contributed by atoms with Gasteiger partial charge in [0.1, 0.15) is 0 Å². The van der Waals surface area contributed by atoms with Gasteiger partial charge in [0.25, 0.3) is 0 Å². The zero-order chi connectivity index (χ0) is 12.1. The number of nitrogens with zero attached hydrogens (tertiary/aromatic N) is 1. The van der Waals surface area contributed by atoms with Crippen LogP contribution in [0, 0.1) is 5.92 Å². The number of nitrogens with one attached hydrogen (secondary N) is 2. The molecule has 3 amide bonds. The fourth-order valence-electron chi connectivity index (χ4n) is 1.63. The van der Waals surface area contributed by atoms with E-state index in [2.05, 4.69) is 10.6 Å². The number of hydrogen-bond acceptors (Lipinski definition) is 4. The van der Waals surface area contributed by atoms with Gasteiger partial charge < -0.3 is 10.4 Å². The van der Waals surface area contributed by atoms with E-state index in [4.69, 9.17) is 5.11 Å². The SMILES string of the molecule is CCNC(=O)NC(=O)C(C)N1CC(CO)C1. The molecule has 3 N–H and O–H groups in total. The number of aliphatic hydroxyl groups excluding tert-OH is 1. The Morgan fingerprint density at radius 2 is 2.12 bits per heavy atom. The lowest BCUT2D eigenvalue weighted by atomic mass is 9.99. The van der Waals surface area contributed by atoms with Crippen molar-refractivity contribution in [3.63, 3.8) is 0 Å². The minimum Gasteiger partial charge on any atom is -0.396 e. The molecule has 0 aromatic carbocycles. The Kier molecular flexibility index (Phi) is 4.70. The number of rotatable bonds is 4. The molecule has 0 aromatic rings. The van der Waals surface area contributed by atoms with Crippen molar-refractivity contribution < 1.29 is 14.7 Å². The smallest absolute Gasteiger partial charge is 0.321 e. The number of hydrogen-bond donors (Lipinski definition) is 3. The summed E-state index contributed by atoms with van der Waals surface area (Å²) >= 11 is 0. The molecule has 1 atom stereocenters. The highest BCUT2D eigenvalue weighted by molar-refractivity contribution is 5.96. The minimum atomic E-state index is -0.460. The molecule has 1 unspecified atom stereocenters. The summed E-state index contributed by atoms with van der Waals surface area (Å²) in [5.74, 6) is -0.0398. The van der Waals surface area contributed by atoms with Gasteiger partial charge in [0.15, 0.2) is 0 Å². The predicted octanol–water partition coefficient (Wildman–Crippen LogP) is -0.855. The van der Waals surface area contributed by atoms with Gasteiger partial charge in [-0.15, -0.1) is 0 Å². The number of likely N-dealkylation sites (tertiary alicyclic amines) is 1. The van der Waals surface area contributed by atoms with Crippen LogP contribution < -0.4 is 10.6 Å². The summed E-state index contributed by atoms with van der Waals surface area (Å²) in [7, 11) is 0. The Balaban J connectivity index is 2.29. The van der Waals surface area contributed by atoms with Crippen LogP contribution in [0.3, 0.4) is 0 Å². The maximum Gasteiger partial charge on any atom is 0.321 e. The maximum atomic E-state index is 11.6. The third-order valence-corrected chi connectivity index (χ3v) is 2.74. The summed E-state index contributed by atoms with van der Waals surface area (Å²) in [5.41, 5.74) is 0. The first-order valence-corrected chi connectivity index (χ1v) is 5.52. The summed E-state index contributed by atoms with van der Waals surface area (Å²) < 4.78 is 0. The molecular weight excluding hydrogens is 210 g/mol. The minimum absolute atomic E-state index is 0.154. The van der Waals surface area contributed by atoms with Gasteiger partial charge in [-0.3, -0.25) is 15.0 Å². The van der Waals surface area contributed by atoms with E-state index in [0.717, 1.165) is 0 Å². The van der Waals surface area contributed by atoms with Crippen molar-refractivity contribution in [2.75, 3.05) is 26.2 Å². The van der Waals surface area contributed by atoms with E-state index >= 15 is 0 Å². The second kappa shape index (κ2) is 5.81. The third kappa shape index (κ3) is 3.18. The quantitative estimate of drug-likeness (QED) is 0.586. The Morgan fingerprint density at radius 1 is 1.50 bits per heavy atom. The highest BCUT2D eigenvalue weighted by Gasteiger charge is 2.33. The van der Waals surface area contributed by atoms with Crippen LogP contribution in [0.4, 0.5) is 4.79 Å². The summed E-state index contributed by atoms with van der Waals surface area (Å²) in [6.45, 7) is 5.60. The van der Waals surface area contributed by atoms with Gasteiger partial charge in [-0.1, -0.05) is 0 Å². The molecule has 92 valence electrons. The lowest BCUT2D eigenvalue weighted by Gasteiger charge is -2.41. The average molecular weight is 229 g/mol. The van der Waals surface area contributed by atoms with Crippen LogP contribution in [0.2, 0.25) is 0 Å². The zero-order valence-electron chi connectivity index (χ0n) is 9.69. The number of amides is 3. The van der Waals surface area contributed by atoms with E-state index in [0.29, 0.717) is 19.6 Å². The Bertz CT molecular complexity index is 264. The van der Waals surface area contributed by atoms with Crippen molar-refractivity contribution >= 4 is 11.9 Å². The van der Waals surface area contributed by atoms with E-state index < -0.39 is 6.03 Å². The van der Waals surface area contributed by atoms with Gasteiger partial charge in [0, 0.05) is 32.2 Å². The molecule has 0 aliphatic carbocycles. The molecule has 0 aromatic heterocycles. The molecule has 0 bridgehead atoms. The number of carbonyl (C=O) groups excluding carboxylic acids is 2. The molecule has 6 nitrogen and oxygen atoms in total. The Morgan fingerprint density at radius 3 is 2.62 bits per heavy atom. The molecule has 1 saturated heterocycles. The molecule has 1 aliphatic heterocycles. The van der Waals surface area contributed by atoms with E-state index in [9.17, 15) is 9.59 Å². The molecule has 1 heterocycles. The van der Waals surface area contributed by atoms with E-state index in [-0.39, 0.29) is 24.5 Å². The normalized spacial score (nSPS) is 18.7. The van der Waals surface area contributed by atoms with Crippen molar-refractivity contribution in [2.45, 2.75) is 19.9 Å². The van der Waals surface area contributed by atoms with Gasteiger partial charge in [0.2, 0.25) is 5.91 Å². The Labute approximate surface area is 95.0 Å². The predicted molar refractivity (Wildman–Crippen MR) is 58.8 cm³/mol. The first kappa shape index (κ1) is 12.9. The lowest BCUT2D eigenvalue weighted by Crippen LogP contribution is -2.58. The third-order valence-electron chi connectivity index (χ3n) is 2.74. The second-order valence-corrected chi connectivity index (χ2v) is 4.03. The lowest BCUT2D eigenvalue weighted by molar-refractivity contribution is -0.127. The highest BCUT2D eigenvalue weighted by atomic mass is 16.3. The number of imide groups is 1. The van der Waals surface area contributed by atoms with Gasteiger partial charge in [-0.25, -0.2) is 4.79 Å². The van der Waals surface area contributed by atoms with Crippen LogP contribution in [0.5, 0.6) is 0 Å². The highest BCUT2D eigenvalue weighted by Crippen LogP contribution is 2.17. The van der Waals surface area contributed by atoms with Gasteiger partial charge in [-0.2, -0.15) is 0 Å². The molecule has 1 fully saturated rings.